The molecule has 1 unspecified atom stereocenters. The van der Waals surface area contributed by atoms with Crippen molar-refractivity contribution in [2.75, 3.05) is 25.6 Å². The number of rotatable bonds is 7. The maximum Gasteiger partial charge on any atom is 0.223 e. The maximum atomic E-state index is 12.7. The Morgan fingerprint density at radius 3 is 2.84 bits per heavy atom. The Kier molecular flexibility index (Phi) is 6.89. The molecule has 1 aromatic heterocycles. The molecule has 6 nitrogen and oxygen atoms in total. The summed E-state index contributed by atoms with van der Waals surface area (Å²) in [6.45, 7) is 7.45. The number of fused-ring (bicyclic) bond motifs is 2. The van der Waals surface area contributed by atoms with E-state index < -0.39 is 6.10 Å². The van der Waals surface area contributed by atoms with Crippen LogP contribution in [0.25, 0.3) is 0 Å². The number of anilines is 2. The van der Waals surface area contributed by atoms with E-state index in [1.165, 1.54) is 4.88 Å². The molecule has 0 bridgehead atoms. The van der Waals surface area contributed by atoms with Crippen molar-refractivity contribution in [2.24, 2.45) is 23.2 Å². The standard InChI is InChI=1S/C25H35N3O3S/c1-15(23(30)26-12-13-31-4)18-10-11-25(3)14-19-21(16(2)20(25)22(18)29)28-24(32-19)27-17-8-6-5-7-9-17/h5-9,15-16,18,20,22,29H,10-14H2,1-4H3,(H,26,30)(H,27,28)/t15-,16-,18?,20+,22-,25-/m0/s1. The van der Waals surface area contributed by atoms with Gasteiger partial charge in [-0.2, -0.15) is 0 Å². The highest BCUT2D eigenvalue weighted by Gasteiger charge is 2.53. The second-order valence-corrected chi connectivity index (χ2v) is 10.8. The SMILES string of the molecule is COCCNC(=O)[C@@H](C)C1CC[C@@]2(C)Cc3sc(Nc4ccccc4)nc3[C@@H](C)[C@@H]2[C@H]1O. The fourth-order valence-corrected chi connectivity index (χ4v) is 7.16. The van der Waals surface area contributed by atoms with Crippen molar-refractivity contribution < 1.29 is 14.6 Å². The summed E-state index contributed by atoms with van der Waals surface area (Å²) in [4.78, 5) is 18.9. The van der Waals surface area contributed by atoms with E-state index in [4.69, 9.17) is 9.72 Å². The van der Waals surface area contributed by atoms with Gasteiger partial charge in [-0.3, -0.25) is 4.79 Å². The molecule has 0 radical (unpaired) electrons. The smallest absolute Gasteiger partial charge is 0.223 e. The Hall–Kier alpha value is -1.96. The molecule has 2 aliphatic rings. The molecule has 1 amide bonds. The zero-order chi connectivity index (χ0) is 22.9. The monoisotopic (exact) mass is 457 g/mol. The third-order valence-corrected chi connectivity index (χ3v) is 8.59. The van der Waals surface area contributed by atoms with Crippen molar-refractivity contribution in [3.05, 3.63) is 40.9 Å². The van der Waals surface area contributed by atoms with Gasteiger partial charge in [0, 0.05) is 36.1 Å². The Morgan fingerprint density at radius 2 is 2.12 bits per heavy atom. The summed E-state index contributed by atoms with van der Waals surface area (Å²) in [5.74, 6) is -0.0321. The van der Waals surface area contributed by atoms with Crippen LogP contribution in [0.4, 0.5) is 10.8 Å². The Labute approximate surface area is 194 Å². The van der Waals surface area contributed by atoms with Crippen LogP contribution in [-0.2, 0) is 16.0 Å². The molecule has 7 heteroatoms. The minimum Gasteiger partial charge on any atom is -0.392 e. The van der Waals surface area contributed by atoms with Gasteiger partial charge in [0.05, 0.1) is 18.4 Å². The lowest BCUT2D eigenvalue weighted by atomic mass is 9.53. The lowest BCUT2D eigenvalue weighted by Crippen LogP contribution is -2.53. The lowest BCUT2D eigenvalue weighted by Gasteiger charge is -2.53. The van der Waals surface area contributed by atoms with E-state index in [0.717, 1.165) is 35.8 Å². The van der Waals surface area contributed by atoms with Gasteiger partial charge in [0.2, 0.25) is 5.91 Å². The molecule has 0 aliphatic heterocycles. The molecule has 2 aliphatic carbocycles. The average Bonchev–Trinajstić information content (AvgIpc) is 3.16. The summed E-state index contributed by atoms with van der Waals surface area (Å²) in [6, 6.07) is 10.1. The highest BCUT2D eigenvalue weighted by Crippen LogP contribution is 2.57. The highest BCUT2D eigenvalue weighted by molar-refractivity contribution is 7.15. The normalized spacial score (nSPS) is 30.2. The molecule has 4 rings (SSSR count). The number of amides is 1. The van der Waals surface area contributed by atoms with E-state index in [9.17, 15) is 9.90 Å². The number of aromatic nitrogens is 1. The first-order chi connectivity index (χ1) is 15.3. The number of para-hydroxylation sites is 1. The molecule has 1 fully saturated rings. The van der Waals surface area contributed by atoms with Gasteiger partial charge in [-0.1, -0.05) is 39.0 Å². The third-order valence-electron chi connectivity index (χ3n) is 7.61. The van der Waals surface area contributed by atoms with Crippen LogP contribution in [0.15, 0.2) is 30.3 Å². The summed E-state index contributed by atoms with van der Waals surface area (Å²) < 4.78 is 5.03. The van der Waals surface area contributed by atoms with Crippen LogP contribution in [0, 0.1) is 23.2 Å². The molecule has 1 heterocycles. The summed E-state index contributed by atoms with van der Waals surface area (Å²) >= 11 is 1.73. The van der Waals surface area contributed by atoms with Crippen LogP contribution in [0.5, 0.6) is 0 Å². The number of methoxy groups -OCH3 is 1. The first-order valence-electron chi connectivity index (χ1n) is 11.6. The van der Waals surface area contributed by atoms with Gasteiger partial charge in [-0.05, 0) is 48.6 Å². The summed E-state index contributed by atoms with van der Waals surface area (Å²) in [5, 5.41) is 18.8. The molecule has 6 atom stereocenters. The van der Waals surface area contributed by atoms with Crippen LogP contribution in [0.3, 0.4) is 0 Å². The maximum absolute atomic E-state index is 12.7. The Balaban J connectivity index is 1.52. The van der Waals surface area contributed by atoms with Crippen molar-refractivity contribution in [3.8, 4) is 0 Å². The fraction of sp³-hybridized carbons (Fsp3) is 0.600. The molecule has 3 N–H and O–H groups in total. The second kappa shape index (κ2) is 9.49. The van der Waals surface area contributed by atoms with Gasteiger partial charge in [0.1, 0.15) is 0 Å². The van der Waals surface area contributed by atoms with Crippen LogP contribution in [0.2, 0.25) is 0 Å². The van der Waals surface area contributed by atoms with Gasteiger partial charge >= 0.3 is 0 Å². The quantitative estimate of drug-likeness (QED) is 0.539. The van der Waals surface area contributed by atoms with Gasteiger partial charge in [0.25, 0.3) is 0 Å². The number of carbonyl (C=O) groups excluding carboxylic acids is 1. The number of aliphatic hydroxyl groups is 1. The number of nitrogens with one attached hydrogen (secondary N) is 2. The first kappa shape index (κ1) is 23.2. The molecule has 0 saturated heterocycles. The Bertz CT molecular complexity index is 934. The van der Waals surface area contributed by atoms with Crippen LogP contribution < -0.4 is 10.6 Å². The van der Waals surface area contributed by atoms with E-state index in [0.29, 0.717) is 13.2 Å². The molecule has 0 spiro atoms. The van der Waals surface area contributed by atoms with Crippen LogP contribution in [0.1, 0.15) is 50.1 Å². The minimum atomic E-state index is -0.521. The largest absolute Gasteiger partial charge is 0.392 e. The summed E-state index contributed by atoms with van der Waals surface area (Å²) in [6.07, 6.45) is 2.29. The first-order valence-corrected chi connectivity index (χ1v) is 12.4. The van der Waals surface area contributed by atoms with Gasteiger partial charge < -0.3 is 20.5 Å². The van der Waals surface area contributed by atoms with E-state index in [-0.39, 0.29) is 35.0 Å². The number of ether oxygens (including phenoxy) is 1. The number of nitrogens with zero attached hydrogens (tertiary/aromatic N) is 1. The second-order valence-electron chi connectivity index (χ2n) is 9.73. The summed E-state index contributed by atoms with van der Waals surface area (Å²) in [5.41, 5.74) is 2.15. The van der Waals surface area contributed by atoms with E-state index in [2.05, 4.69) is 24.5 Å². The highest BCUT2D eigenvalue weighted by atomic mass is 32.1. The topological polar surface area (TPSA) is 83.5 Å². The zero-order valence-corrected chi connectivity index (χ0v) is 20.2. The molecular weight excluding hydrogens is 422 g/mol. The predicted molar refractivity (Wildman–Crippen MR) is 128 cm³/mol. The van der Waals surface area contributed by atoms with E-state index in [1.54, 1.807) is 18.4 Å². The number of hydrogen-bond donors (Lipinski definition) is 3. The molecule has 1 saturated carbocycles. The molecule has 174 valence electrons. The lowest BCUT2D eigenvalue weighted by molar-refractivity contribution is -0.135. The van der Waals surface area contributed by atoms with Crippen molar-refractivity contribution in [3.63, 3.8) is 0 Å². The Morgan fingerprint density at radius 1 is 1.38 bits per heavy atom. The minimum absolute atomic E-state index is 0.00172. The molecule has 1 aromatic carbocycles. The number of benzene rings is 1. The number of aliphatic hydroxyl groups excluding tert-OH is 1. The van der Waals surface area contributed by atoms with Crippen LogP contribution in [-0.4, -0.2) is 42.4 Å². The zero-order valence-electron chi connectivity index (χ0n) is 19.4. The number of hydrogen-bond acceptors (Lipinski definition) is 6. The summed E-state index contributed by atoms with van der Waals surface area (Å²) in [7, 11) is 1.62. The molecular formula is C25H35N3O3S. The number of carbonyl (C=O) groups is 1. The van der Waals surface area contributed by atoms with Gasteiger partial charge in [-0.15, -0.1) is 11.3 Å². The number of thiazole rings is 1. The van der Waals surface area contributed by atoms with Gasteiger partial charge in [0.15, 0.2) is 5.13 Å². The van der Waals surface area contributed by atoms with Crippen LogP contribution >= 0.6 is 11.3 Å². The fourth-order valence-electron chi connectivity index (χ4n) is 5.88. The van der Waals surface area contributed by atoms with Crippen molar-refractivity contribution in [1.82, 2.24) is 10.3 Å². The van der Waals surface area contributed by atoms with Crippen molar-refractivity contribution in [1.29, 1.82) is 0 Å². The van der Waals surface area contributed by atoms with E-state index >= 15 is 0 Å². The average molecular weight is 458 g/mol. The molecule has 2 aromatic rings. The predicted octanol–water partition coefficient (Wildman–Crippen LogP) is 4.34. The third kappa shape index (κ3) is 4.43. The van der Waals surface area contributed by atoms with Crippen molar-refractivity contribution >= 4 is 28.1 Å². The van der Waals surface area contributed by atoms with Crippen molar-refractivity contribution in [2.45, 2.75) is 52.1 Å². The molecule has 32 heavy (non-hydrogen) atoms. The van der Waals surface area contributed by atoms with E-state index in [1.807, 2.05) is 37.3 Å². The van der Waals surface area contributed by atoms with Gasteiger partial charge in [-0.25, -0.2) is 4.98 Å².